The zero-order valence-corrected chi connectivity index (χ0v) is 16.7. The van der Waals surface area contributed by atoms with Gasteiger partial charge >= 0.3 is 18.0 Å². The minimum Gasteiger partial charge on any atom is -0.481 e. The second-order valence-corrected chi connectivity index (χ2v) is 6.80. The van der Waals surface area contributed by atoms with Crippen molar-refractivity contribution in [3.8, 4) is 0 Å². The predicted octanol–water partition coefficient (Wildman–Crippen LogP) is 1.08. The largest absolute Gasteiger partial charge is 0.481 e. The minimum absolute atomic E-state index is 0.0926. The molecule has 0 aromatic heterocycles. The molecule has 0 heterocycles. The molecule has 0 radical (unpaired) electrons. The number of aldehydes is 1. The Morgan fingerprint density at radius 1 is 1.00 bits per heavy atom. The highest BCUT2D eigenvalue weighted by atomic mass is 16.4. The topological polar surface area (TPSA) is 162 Å². The standard InChI is InChI=1S/C20H27N3O7/c1-13-5-7-14(8-6-13)18(27)21-11-3-2-4-16(19(28)29)23-20(30)22-15(12-24)9-10-17(25)26/h5-8,12,15-16H,2-4,9-11H2,1H3,(H,21,27)(H,25,26)(H,28,29)(H2,22,23,30). The Balaban J connectivity index is 2.36. The normalized spacial score (nSPS) is 12.3. The summed E-state index contributed by atoms with van der Waals surface area (Å²) in [7, 11) is 0. The van der Waals surface area contributed by atoms with Crippen molar-refractivity contribution in [3.63, 3.8) is 0 Å². The summed E-state index contributed by atoms with van der Waals surface area (Å²) in [5, 5.41) is 25.1. The first-order chi connectivity index (χ1) is 14.2. The fraction of sp³-hybridized carbons (Fsp3) is 0.450. The zero-order chi connectivity index (χ0) is 22.5. The van der Waals surface area contributed by atoms with Crippen LogP contribution in [0, 0.1) is 6.92 Å². The quantitative estimate of drug-likeness (QED) is 0.235. The highest BCUT2D eigenvalue weighted by Crippen LogP contribution is 2.04. The summed E-state index contributed by atoms with van der Waals surface area (Å²) < 4.78 is 0. The molecule has 0 spiro atoms. The number of carbonyl (C=O) groups excluding carboxylic acids is 3. The van der Waals surface area contributed by atoms with Gasteiger partial charge in [-0.1, -0.05) is 17.7 Å². The van der Waals surface area contributed by atoms with Crippen LogP contribution in [0.15, 0.2) is 24.3 Å². The van der Waals surface area contributed by atoms with Gasteiger partial charge in [-0.25, -0.2) is 9.59 Å². The first kappa shape index (κ1) is 24.6. The molecule has 164 valence electrons. The number of benzene rings is 1. The van der Waals surface area contributed by atoms with E-state index in [-0.39, 0.29) is 25.2 Å². The van der Waals surface area contributed by atoms with E-state index in [2.05, 4.69) is 16.0 Å². The number of hydrogen-bond acceptors (Lipinski definition) is 5. The minimum atomic E-state index is -1.23. The molecule has 0 aliphatic rings. The molecule has 0 saturated heterocycles. The molecule has 0 fully saturated rings. The fourth-order valence-corrected chi connectivity index (χ4v) is 2.56. The molecular formula is C20H27N3O7. The summed E-state index contributed by atoms with van der Waals surface area (Å²) in [5.74, 6) is -2.56. The van der Waals surface area contributed by atoms with Crippen LogP contribution in [0.5, 0.6) is 0 Å². The van der Waals surface area contributed by atoms with Crippen molar-refractivity contribution in [2.24, 2.45) is 0 Å². The molecule has 10 nitrogen and oxygen atoms in total. The Morgan fingerprint density at radius 2 is 1.67 bits per heavy atom. The van der Waals surface area contributed by atoms with Crippen LogP contribution in [0.3, 0.4) is 0 Å². The third-order valence-corrected chi connectivity index (χ3v) is 4.27. The van der Waals surface area contributed by atoms with Crippen molar-refractivity contribution in [2.75, 3.05) is 6.54 Å². The van der Waals surface area contributed by atoms with Gasteiger partial charge in [-0.3, -0.25) is 9.59 Å². The Bertz CT molecular complexity index is 749. The number of amides is 3. The number of aryl methyl sites for hydroxylation is 1. The van der Waals surface area contributed by atoms with Crippen LogP contribution < -0.4 is 16.0 Å². The van der Waals surface area contributed by atoms with E-state index in [1.54, 1.807) is 12.1 Å². The highest BCUT2D eigenvalue weighted by molar-refractivity contribution is 5.94. The smallest absolute Gasteiger partial charge is 0.326 e. The molecule has 5 N–H and O–H groups in total. The van der Waals surface area contributed by atoms with Crippen molar-refractivity contribution in [1.29, 1.82) is 0 Å². The summed E-state index contributed by atoms with van der Waals surface area (Å²) in [6.45, 7) is 2.28. The number of carbonyl (C=O) groups is 5. The van der Waals surface area contributed by atoms with Crippen LogP contribution in [-0.4, -0.2) is 59.0 Å². The van der Waals surface area contributed by atoms with Crippen molar-refractivity contribution >= 4 is 30.2 Å². The van der Waals surface area contributed by atoms with Gasteiger partial charge in [0, 0.05) is 18.5 Å². The second kappa shape index (κ2) is 12.9. The molecule has 10 heteroatoms. The number of aliphatic carboxylic acids is 2. The molecule has 1 rings (SSSR count). The maximum Gasteiger partial charge on any atom is 0.326 e. The number of carboxylic acid groups (broad SMARTS) is 2. The number of unbranched alkanes of at least 4 members (excludes halogenated alkanes) is 1. The molecule has 2 unspecified atom stereocenters. The van der Waals surface area contributed by atoms with E-state index in [0.717, 1.165) is 5.56 Å². The predicted molar refractivity (Wildman–Crippen MR) is 107 cm³/mol. The fourth-order valence-electron chi connectivity index (χ4n) is 2.56. The highest BCUT2D eigenvalue weighted by Gasteiger charge is 2.21. The lowest BCUT2D eigenvalue weighted by Crippen LogP contribution is -2.49. The molecule has 0 aliphatic heterocycles. The Morgan fingerprint density at radius 3 is 2.23 bits per heavy atom. The molecule has 0 aliphatic carbocycles. The van der Waals surface area contributed by atoms with Crippen molar-refractivity contribution in [1.82, 2.24) is 16.0 Å². The molecule has 0 bridgehead atoms. The SMILES string of the molecule is Cc1ccc(C(=O)NCCCCC(NC(=O)NC(C=O)CCC(=O)O)C(=O)O)cc1. The van der Waals surface area contributed by atoms with Gasteiger partial charge in [-0.2, -0.15) is 0 Å². The Kier molecular flexibility index (Phi) is 10.6. The summed E-state index contributed by atoms with van der Waals surface area (Å²) >= 11 is 0. The Labute approximate surface area is 174 Å². The van der Waals surface area contributed by atoms with E-state index in [1.165, 1.54) is 0 Å². The van der Waals surface area contributed by atoms with Crippen LogP contribution in [0.4, 0.5) is 4.79 Å². The molecule has 1 aromatic rings. The number of rotatable bonds is 13. The van der Waals surface area contributed by atoms with Gasteiger partial charge in [0.15, 0.2) is 0 Å². The van der Waals surface area contributed by atoms with Crippen molar-refractivity contribution in [3.05, 3.63) is 35.4 Å². The van der Waals surface area contributed by atoms with Crippen molar-refractivity contribution < 1.29 is 34.2 Å². The lowest BCUT2D eigenvalue weighted by molar-refractivity contribution is -0.139. The molecule has 30 heavy (non-hydrogen) atoms. The molecule has 1 aromatic carbocycles. The van der Waals surface area contributed by atoms with Gasteiger partial charge in [0.25, 0.3) is 5.91 Å². The monoisotopic (exact) mass is 421 g/mol. The van der Waals surface area contributed by atoms with Crippen LogP contribution in [0.2, 0.25) is 0 Å². The van der Waals surface area contributed by atoms with Crippen molar-refractivity contribution in [2.45, 2.75) is 51.1 Å². The lowest BCUT2D eigenvalue weighted by atomic mass is 10.1. The van der Waals surface area contributed by atoms with Gasteiger partial charge in [0.1, 0.15) is 12.3 Å². The Hall–Kier alpha value is -3.43. The van der Waals surface area contributed by atoms with Gasteiger partial charge < -0.3 is 31.0 Å². The maximum atomic E-state index is 12.0. The molecule has 2 atom stereocenters. The summed E-state index contributed by atoms with van der Waals surface area (Å²) in [6, 6.07) is 4.04. The van der Waals surface area contributed by atoms with Crippen LogP contribution in [-0.2, 0) is 14.4 Å². The maximum absolute atomic E-state index is 12.0. The van der Waals surface area contributed by atoms with Crippen LogP contribution in [0.1, 0.15) is 48.0 Å². The third-order valence-electron chi connectivity index (χ3n) is 4.27. The first-order valence-corrected chi connectivity index (χ1v) is 9.54. The number of hydrogen-bond donors (Lipinski definition) is 5. The van der Waals surface area contributed by atoms with Gasteiger partial charge in [0.05, 0.1) is 6.04 Å². The third kappa shape index (κ3) is 9.67. The van der Waals surface area contributed by atoms with E-state index in [9.17, 15) is 29.1 Å². The molecular weight excluding hydrogens is 394 g/mol. The lowest BCUT2D eigenvalue weighted by Gasteiger charge is -2.17. The van der Waals surface area contributed by atoms with E-state index in [4.69, 9.17) is 5.11 Å². The van der Waals surface area contributed by atoms with Crippen LogP contribution >= 0.6 is 0 Å². The first-order valence-electron chi connectivity index (χ1n) is 9.54. The summed E-state index contributed by atoms with van der Waals surface area (Å²) in [6.07, 6.45) is 1.08. The number of nitrogens with one attached hydrogen (secondary N) is 3. The van der Waals surface area contributed by atoms with Gasteiger partial charge in [0.2, 0.25) is 0 Å². The summed E-state index contributed by atoms with van der Waals surface area (Å²) in [5.41, 5.74) is 1.58. The number of carboxylic acids is 2. The van der Waals surface area contributed by atoms with Gasteiger partial charge in [-0.05, 0) is 44.7 Å². The molecule has 3 amide bonds. The van der Waals surface area contributed by atoms with E-state index < -0.39 is 30.1 Å². The average Bonchev–Trinajstić information content (AvgIpc) is 2.69. The number of urea groups is 1. The average molecular weight is 421 g/mol. The van der Waals surface area contributed by atoms with Crippen LogP contribution in [0.25, 0.3) is 0 Å². The van der Waals surface area contributed by atoms with E-state index in [1.807, 2.05) is 19.1 Å². The van der Waals surface area contributed by atoms with E-state index >= 15 is 0 Å². The molecule has 0 saturated carbocycles. The second-order valence-electron chi connectivity index (χ2n) is 6.80. The summed E-state index contributed by atoms with van der Waals surface area (Å²) in [4.78, 5) is 56.6. The van der Waals surface area contributed by atoms with E-state index in [0.29, 0.717) is 31.2 Å². The van der Waals surface area contributed by atoms with Gasteiger partial charge in [-0.15, -0.1) is 0 Å². The zero-order valence-electron chi connectivity index (χ0n) is 16.7.